The van der Waals surface area contributed by atoms with E-state index in [9.17, 15) is 9.90 Å². The van der Waals surface area contributed by atoms with Gasteiger partial charge in [0.05, 0.1) is 0 Å². The molecule has 4 heteroatoms. The first kappa shape index (κ1) is 13.4. The number of aromatic carboxylic acids is 1. The molecule has 0 saturated heterocycles. The van der Waals surface area contributed by atoms with Crippen LogP contribution >= 0.6 is 23.1 Å². The van der Waals surface area contributed by atoms with Crippen molar-refractivity contribution in [3.63, 3.8) is 0 Å². The minimum Gasteiger partial charge on any atom is -0.477 e. The Morgan fingerprint density at radius 1 is 1.44 bits per heavy atom. The van der Waals surface area contributed by atoms with E-state index in [1.807, 2.05) is 36.0 Å². The van der Waals surface area contributed by atoms with E-state index in [4.69, 9.17) is 0 Å². The third-order valence-electron chi connectivity index (χ3n) is 2.98. The molecule has 1 aromatic heterocycles. The predicted octanol–water partition coefficient (Wildman–Crippen LogP) is 4.63. The zero-order chi connectivity index (χ0) is 13.1. The lowest BCUT2D eigenvalue weighted by Gasteiger charge is -2.08. The highest BCUT2D eigenvalue weighted by atomic mass is 32.2. The molecule has 0 fully saturated rings. The van der Waals surface area contributed by atoms with Gasteiger partial charge < -0.3 is 5.11 Å². The summed E-state index contributed by atoms with van der Waals surface area (Å²) in [6, 6.07) is 7.93. The van der Waals surface area contributed by atoms with Crippen molar-refractivity contribution in [3.8, 4) is 0 Å². The maximum atomic E-state index is 11.3. The number of rotatable bonds is 5. The molecule has 1 aromatic carbocycles. The van der Waals surface area contributed by atoms with Gasteiger partial charge in [-0.25, -0.2) is 4.79 Å². The lowest BCUT2D eigenvalue weighted by Crippen LogP contribution is -1.99. The third kappa shape index (κ3) is 2.70. The lowest BCUT2D eigenvalue weighted by molar-refractivity contribution is 0.0701. The van der Waals surface area contributed by atoms with Gasteiger partial charge in [-0.2, -0.15) is 11.8 Å². The standard InChI is InChI=1S/C14H16O2S2/c1-3-9(2)17-8-11-10-6-4-5-7-12(10)18-13(11)14(15)16/h4-7,9H,3,8H2,1-2H3,(H,15,16). The zero-order valence-electron chi connectivity index (χ0n) is 10.5. The Morgan fingerprint density at radius 3 is 2.83 bits per heavy atom. The largest absolute Gasteiger partial charge is 0.477 e. The number of thiophene rings is 1. The van der Waals surface area contributed by atoms with Crippen LogP contribution in [0.4, 0.5) is 0 Å². The van der Waals surface area contributed by atoms with Crippen LogP contribution < -0.4 is 0 Å². The average Bonchev–Trinajstić information content (AvgIpc) is 2.75. The molecule has 0 amide bonds. The van der Waals surface area contributed by atoms with Crippen LogP contribution in [0.3, 0.4) is 0 Å². The second-order valence-electron chi connectivity index (χ2n) is 4.24. The van der Waals surface area contributed by atoms with Gasteiger partial charge in [-0.05, 0) is 23.4 Å². The Morgan fingerprint density at radius 2 is 2.17 bits per heavy atom. The normalized spacial score (nSPS) is 12.8. The van der Waals surface area contributed by atoms with Gasteiger partial charge >= 0.3 is 5.97 Å². The fourth-order valence-electron chi connectivity index (χ4n) is 1.76. The molecule has 96 valence electrons. The summed E-state index contributed by atoms with van der Waals surface area (Å²) in [4.78, 5) is 11.8. The molecule has 2 rings (SSSR count). The van der Waals surface area contributed by atoms with Crippen molar-refractivity contribution in [1.29, 1.82) is 0 Å². The zero-order valence-corrected chi connectivity index (χ0v) is 12.1. The van der Waals surface area contributed by atoms with E-state index in [0.29, 0.717) is 10.1 Å². The molecule has 1 atom stereocenters. The number of carboxylic acid groups (broad SMARTS) is 1. The summed E-state index contributed by atoms with van der Waals surface area (Å²) in [6.07, 6.45) is 1.11. The van der Waals surface area contributed by atoms with Crippen molar-refractivity contribution >= 4 is 39.2 Å². The molecule has 0 saturated carbocycles. The Kier molecular flexibility index (Phi) is 4.30. The number of hydrogen-bond acceptors (Lipinski definition) is 3. The summed E-state index contributed by atoms with van der Waals surface area (Å²) < 4.78 is 1.06. The number of carbonyl (C=O) groups is 1. The summed E-state index contributed by atoms with van der Waals surface area (Å²) in [5, 5.41) is 10.9. The van der Waals surface area contributed by atoms with Crippen molar-refractivity contribution in [2.75, 3.05) is 0 Å². The molecule has 0 bridgehead atoms. The maximum absolute atomic E-state index is 11.3. The highest BCUT2D eigenvalue weighted by Crippen LogP contribution is 2.34. The van der Waals surface area contributed by atoms with E-state index in [1.165, 1.54) is 11.3 Å². The summed E-state index contributed by atoms with van der Waals surface area (Å²) in [7, 11) is 0. The molecule has 0 aliphatic rings. The van der Waals surface area contributed by atoms with E-state index in [1.54, 1.807) is 0 Å². The molecule has 2 aromatic rings. The maximum Gasteiger partial charge on any atom is 0.346 e. The van der Waals surface area contributed by atoms with E-state index in [0.717, 1.165) is 27.8 Å². The summed E-state index contributed by atoms with van der Waals surface area (Å²) >= 11 is 3.20. The van der Waals surface area contributed by atoms with Crippen LogP contribution in [-0.4, -0.2) is 16.3 Å². The van der Waals surface area contributed by atoms with Crippen molar-refractivity contribution in [1.82, 2.24) is 0 Å². The second kappa shape index (κ2) is 5.76. The summed E-state index contributed by atoms with van der Waals surface area (Å²) in [5.41, 5.74) is 0.980. The van der Waals surface area contributed by atoms with Gasteiger partial charge in [-0.1, -0.05) is 32.0 Å². The molecular formula is C14H16O2S2. The molecule has 0 aliphatic heterocycles. The van der Waals surface area contributed by atoms with E-state index in [2.05, 4.69) is 13.8 Å². The monoisotopic (exact) mass is 280 g/mol. The number of fused-ring (bicyclic) bond motifs is 1. The van der Waals surface area contributed by atoms with Gasteiger partial charge in [-0.3, -0.25) is 0 Å². The number of carboxylic acids is 1. The van der Waals surface area contributed by atoms with Crippen molar-refractivity contribution in [2.45, 2.75) is 31.3 Å². The molecule has 0 aliphatic carbocycles. The van der Waals surface area contributed by atoms with Crippen LogP contribution in [0.15, 0.2) is 24.3 Å². The van der Waals surface area contributed by atoms with E-state index >= 15 is 0 Å². The molecule has 1 heterocycles. The topological polar surface area (TPSA) is 37.3 Å². The minimum atomic E-state index is -0.809. The van der Waals surface area contributed by atoms with Gasteiger partial charge in [0, 0.05) is 15.7 Å². The van der Waals surface area contributed by atoms with Crippen molar-refractivity contribution in [3.05, 3.63) is 34.7 Å². The Labute approximate surface area is 115 Å². The first-order chi connectivity index (χ1) is 8.63. The lowest BCUT2D eigenvalue weighted by atomic mass is 10.1. The second-order valence-corrected chi connectivity index (χ2v) is 6.72. The number of benzene rings is 1. The fourth-order valence-corrected chi connectivity index (χ4v) is 3.90. The number of hydrogen-bond donors (Lipinski definition) is 1. The van der Waals surface area contributed by atoms with Gasteiger partial charge in [0.2, 0.25) is 0 Å². The average molecular weight is 280 g/mol. The Hall–Kier alpha value is -1.00. The van der Waals surface area contributed by atoms with Crippen LogP contribution in [0.5, 0.6) is 0 Å². The molecule has 2 nitrogen and oxygen atoms in total. The van der Waals surface area contributed by atoms with Gasteiger partial charge in [0.25, 0.3) is 0 Å². The van der Waals surface area contributed by atoms with Crippen LogP contribution in [-0.2, 0) is 5.75 Å². The van der Waals surface area contributed by atoms with Crippen molar-refractivity contribution in [2.24, 2.45) is 0 Å². The van der Waals surface area contributed by atoms with E-state index in [-0.39, 0.29) is 0 Å². The van der Waals surface area contributed by atoms with Crippen LogP contribution in [0.25, 0.3) is 10.1 Å². The number of thioether (sulfide) groups is 1. The summed E-state index contributed by atoms with van der Waals surface area (Å²) in [5.74, 6) is -0.0309. The van der Waals surface area contributed by atoms with Crippen molar-refractivity contribution < 1.29 is 9.90 Å². The van der Waals surface area contributed by atoms with Crippen LogP contribution in [0.2, 0.25) is 0 Å². The molecular weight excluding hydrogens is 264 g/mol. The minimum absolute atomic E-state index is 0.493. The smallest absolute Gasteiger partial charge is 0.346 e. The SMILES string of the molecule is CCC(C)SCc1c(C(=O)O)sc2ccccc12. The molecule has 1 N–H and O–H groups in total. The predicted molar refractivity (Wildman–Crippen MR) is 79.8 cm³/mol. The quantitative estimate of drug-likeness (QED) is 0.867. The molecule has 0 radical (unpaired) electrons. The van der Waals surface area contributed by atoms with E-state index < -0.39 is 5.97 Å². The Bertz CT molecular complexity index is 560. The molecule has 18 heavy (non-hydrogen) atoms. The van der Waals surface area contributed by atoms with Gasteiger partial charge in [-0.15, -0.1) is 11.3 Å². The third-order valence-corrected chi connectivity index (χ3v) is 5.54. The summed E-state index contributed by atoms with van der Waals surface area (Å²) in [6.45, 7) is 4.33. The highest BCUT2D eigenvalue weighted by molar-refractivity contribution is 7.99. The van der Waals surface area contributed by atoms with Gasteiger partial charge in [0.1, 0.15) is 4.88 Å². The van der Waals surface area contributed by atoms with Crippen LogP contribution in [0.1, 0.15) is 35.5 Å². The Balaban J connectivity index is 2.39. The van der Waals surface area contributed by atoms with Crippen LogP contribution in [0, 0.1) is 0 Å². The highest BCUT2D eigenvalue weighted by Gasteiger charge is 2.17. The first-order valence-electron chi connectivity index (χ1n) is 5.98. The fraction of sp³-hybridized carbons (Fsp3) is 0.357. The molecule has 0 spiro atoms. The first-order valence-corrected chi connectivity index (χ1v) is 7.85. The van der Waals surface area contributed by atoms with Gasteiger partial charge in [0.15, 0.2) is 0 Å². The molecule has 1 unspecified atom stereocenters.